The Kier molecular flexibility index (Phi) is 6.92. The maximum Gasteiger partial charge on any atom is 0.446 e. The molecule has 0 bridgehead atoms. The average Bonchev–Trinajstić information content (AvgIpc) is 3.08. The predicted octanol–water partition coefficient (Wildman–Crippen LogP) is 5.27. The molecule has 8 nitrogen and oxygen atoms in total. The first-order valence-corrected chi connectivity index (χ1v) is 11.0. The summed E-state index contributed by atoms with van der Waals surface area (Å²) in [7, 11) is 0. The van der Waals surface area contributed by atoms with Gasteiger partial charge in [0.1, 0.15) is 12.3 Å². The Labute approximate surface area is 201 Å². The van der Waals surface area contributed by atoms with Crippen LogP contribution in [-0.2, 0) is 11.3 Å². The Morgan fingerprint density at radius 2 is 1.77 bits per heavy atom. The second kappa shape index (κ2) is 10.1. The van der Waals surface area contributed by atoms with Crippen LogP contribution in [0, 0.1) is 0 Å². The summed E-state index contributed by atoms with van der Waals surface area (Å²) >= 11 is -0.287. The number of carbonyl (C=O) groups is 3. The van der Waals surface area contributed by atoms with E-state index in [0.29, 0.717) is 17.0 Å². The van der Waals surface area contributed by atoms with Crippen LogP contribution in [0.3, 0.4) is 0 Å². The highest BCUT2D eigenvalue weighted by Gasteiger charge is 2.37. The van der Waals surface area contributed by atoms with Crippen molar-refractivity contribution in [3.63, 3.8) is 0 Å². The van der Waals surface area contributed by atoms with E-state index in [1.165, 1.54) is 41.6 Å². The van der Waals surface area contributed by atoms with Gasteiger partial charge in [-0.3, -0.25) is 15.1 Å². The first-order chi connectivity index (χ1) is 16.7. The Morgan fingerprint density at radius 3 is 2.46 bits per heavy atom. The normalized spacial score (nSPS) is 13.8. The number of nitrogens with one attached hydrogen (secondary N) is 1. The lowest BCUT2D eigenvalue weighted by Crippen LogP contribution is -2.33. The number of halogens is 3. The van der Waals surface area contributed by atoms with Crippen molar-refractivity contribution >= 4 is 41.2 Å². The van der Waals surface area contributed by atoms with Crippen LogP contribution in [0.15, 0.2) is 78.0 Å². The first kappa shape index (κ1) is 24.1. The molecule has 35 heavy (non-hydrogen) atoms. The van der Waals surface area contributed by atoms with Gasteiger partial charge in [-0.2, -0.15) is 13.2 Å². The zero-order chi connectivity index (χ0) is 25.0. The quantitative estimate of drug-likeness (QED) is 0.365. The Balaban J connectivity index is 1.44. The van der Waals surface area contributed by atoms with Crippen LogP contribution in [-0.4, -0.2) is 40.0 Å². The van der Waals surface area contributed by atoms with Gasteiger partial charge in [-0.25, -0.2) is 14.5 Å². The number of hydrogen-bond donors (Lipinski definition) is 1. The van der Waals surface area contributed by atoms with Gasteiger partial charge in [0.15, 0.2) is 0 Å². The van der Waals surface area contributed by atoms with Gasteiger partial charge < -0.3 is 9.64 Å². The molecule has 4 rings (SSSR count). The lowest BCUT2D eigenvalue weighted by Gasteiger charge is -2.19. The lowest BCUT2D eigenvalue weighted by atomic mass is 10.2. The average molecular weight is 502 g/mol. The summed E-state index contributed by atoms with van der Waals surface area (Å²) in [5.74, 6) is -0.190. The first-order valence-electron chi connectivity index (χ1n) is 10.1. The van der Waals surface area contributed by atoms with E-state index in [0.717, 1.165) is 4.90 Å². The number of amides is 4. The standard InChI is InChI=1S/C23H17F3N4O4S/c24-23(25,26)35-18-8-6-16(7-9-18)30-20(31)14-29(22(30)33)13-15-10-11-27-12-19(15)28-21(32)34-17-4-2-1-3-5-17/h1-12H,13-14H2,(H,28,32). The molecule has 1 N–H and O–H groups in total. The molecule has 180 valence electrons. The zero-order valence-corrected chi connectivity index (χ0v) is 18.7. The predicted molar refractivity (Wildman–Crippen MR) is 122 cm³/mol. The van der Waals surface area contributed by atoms with Crippen LogP contribution in [0.1, 0.15) is 5.56 Å². The smallest absolute Gasteiger partial charge is 0.410 e. The molecule has 2 heterocycles. The molecule has 1 aliphatic rings. The Morgan fingerprint density at radius 1 is 1.06 bits per heavy atom. The second-order valence-electron chi connectivity index (χ2n) is 7.27. The number of thioether (sulfide) groups is 1. The molecule has 12 heteroatoms. The molecule has 2 aromatic carbocycles. The number of pyridine rings is 1. The molecular weight excluding hydrogens is 485 g/mol. The number of alkyl halides is 3. The number of anilines is 2. The van der Waals surface area contributed by atoms with Crippen LogP contribution >= 0.6 is 11.8 Å². The van der Waals surface area contributed by atoms with Crippen molar-refractivity contribution in [3.05, 3.63) is 78.6 Å². The van der Waals surface area contributed by atoms with Crippen molar-refractivity contribution in [1.82, 2.24) is 9.88 Å². The Bertz CT molecular complexity index is 1240. The number of rotatable bonds is 6. The molecule has 4 amide bonds. The molecular formula is C23H17F3N4O4S. The highest BCUT2D eigenvalue weighted by atomic mass is 32.2. The van der Waals surface area contributed by atoms with E-state index in [1.807, 2.05) is 0 Å². The van der Waals surface area contributed by atoms with Crippen LogP contribution in [0.4, 0.5) is 34.1 Å². The summed E-state index contributed by atoms with van der Waals surface area (Å²) < 4.78 is 42.8. The summed E-state index contributed by atoms with van der Waals surface area (Å²) in [4.78, 5) is 43.8. The maximum absolute atomic E-state index is 12.9. The monoisotopic (exact) mass is 502 g/mol. The summed E-state index contributed by atoms with van der Waals surface area (Å²) in [5, 5.41) is 2.57. The number of urea groups is 1. The summed E-state index contributed by atoms with van der Waals surface area (Å²) in [6, 6.07) is 14.3. The van der Waals surface area contributed by atoms with Crippen molar-refractivity contribution in [1.29, 1.82) is 0 Å². The molecule has 1 aromatic heterocycles. The summed E-state index contributed by atoms with van der Waals surface area (Å²) in [5.41, 5.74) is -3.49. The van der Waals surface area contributed by atoms with Gasteiger partial charge in [0, 0.05) is 11.1 Å². The maximum atomic E-state index is 12.9. The minimum atomic E-state index is -4.44. The zero-order valence-electron chi connectivity index (χ0n) is 17.9. The minimum absolute atomic E-state index is 0.0213. The molecule has 1 saturated heterocycles. The van der Waals surface area contributed by atoms with Crippen LogP contribution < -0.4 is 15.0 Å². The molecule has 0 unspecified atom stereocenters. The third kappa shape index (κ3) is 6.09. The van der Waals surface area contributed by atoms with Gasteiger partial charge in [0.05, 0.1) is 24.1 Å². The number of para-hydroxylation sites is 1. The highest BCUT2D eigenvalue weighted by Crippen LogP contribution is 2.37. The minimum Gasteiger partial charge on any atom is -0.410 e. The fraction of sp³-hybridized carbons (Fsp3) is 0.130. The largest absolute Gasteiger partial charge is 0.446 e. The van der Waals surface area contributed by atoms with Gasteiger partial charge in [-0.1, -0.05) is 18.2 Å². The molecule has 0 atom stereocenters. The van der Waals surface area contributed by atoms with Gasteiger partial charge in [0.2, 0.25) is 0 Å². The van der Waals surface area contributed by atoms with Crippen LogP contribution in [0.5, 0.6) is 5.75 Å². The number of hydrogen-bond acceptors (Lipinski definition) is 6. The van der Waals surface area contributed by atoms with E-state index in [1.54, 1.807) is 36.4 Å². The third-order valence-electron chi connectivity index (χ3n) is 4.83. The van der Waals surface area contributed by atoms with Crippen molar-refractivity contribution in [3.8, 4) is 5.75 Å². The van der Waals surface area contributed by atoms with E-state index in [4.69, 9.17) is 4.74 Å². The fourth-order valence-electron chi connectivity index (χ4n) is 3.33. The number of benzene rings is 2. The summed E-state index contributed by atoms with van der Waals surface area (Å²) in [6.07, 6.45) is 2.10. The number of carbonyl (C=O) groups excluding carboxylic acids is 3. The van der Waals surface area contributed by atoms with Crippen molar-refractivity contribution in [2.45, 2.75) is 16.9 Å². The Hall–Kier alpha value is -4.06. The molecule has 0 spiro atoms. The van der Waals surface area contributed by atoms with Gasteiger partial charge in [0.25, 0.3) is 5.91 Å². The van der Waals surface area contributed by atoms with Gasteiger partial charge in [-0.15, -0.1) is 0 Å². The van der Waals surface area contributed by atoms with Crippen molar-refractivity contribution in [2.24, 2.45) is 0 Å². The number of ether oxygens (including phenoxy) is 1. The fourth-order valence-corrected chi connectivity index (χ4v) is 3.87. The molecule has 1 aliphatic heterocycles. The number of aromatic nitrogens is 1. The number of nitrogens with zero attached hydrogens (tertiary/aromatic N) is 3. The van der Waals surface area contributed by atoms with Gasteiger partial charge in [-0.05, 0) is 59.8 Å². The molecule has 0 saturated carbocycles. The van der Waals surface area contributed by atoms with Crippen molar-refractivity contribution < 1.29 is 32.3 Å². The second-order valence-corrected chi connectivity index (χ2v) is 8.41. The SMILES string of the molecule is O=C(Nc1cnccc1CN1CC(=O)N(c2ccc(SC(F)(F)F)cc2)C1=O)Oc1ccccc1. The van der Waals surface area contributed by atoms with Crippen molar-refractivity contribution in [2.75, 3.05) is 16.8 Å². The summed E-state index contributed by atoms with van der Waals surface area (Å²) in [6.45, 7) is -0.263. The van der Waals surface area contributed by atoms with E-state index in [2.05, 4.69) is 10.3 Å². The molecule has 1 fully saturated rings. The highest BCUT2D eigenvalue weighted by molar-refractivity contribution is 8.00. The topological polar surface area (TPSA) is 91.8 Å². The van der Waals surface area contributed by atoms with E-state index in [9.17, 15) is 27.6 Å². The third-order valence-corrected chi connectivity index (χ3v) is 5.57. The van der Waals surface area contributed by atoms with E-state index < -0.39 is 23.5 Å². The number of imide groups is 1. The van der Waals surface area contributed by atoms with E-state index in [-0.39, 0.29) is 35.4 Å². The van der Waals surface area contributed by atoms with Gasteiger partial charge >= 0.3 is 17.6 Å². The lowest BCUT2D eigenvalue weighted by molar-refractivity contribution is -0.116. The molecule has 3 aromatic rings. The van der Waals surface area contributed by atoms with Crippen LogP contribution in [0.25, 0.3) is 0 Å². The van der Waals surface area contributed by atoms with E-state index >= 15 is 0 Å². The van der Waals surface area contributed by atoms with Crippen LogP contribution in [0.2, 0.25) is 0 Å². The molecule has 0 aliphatic carbocycles. The molecule has 0 radical (unpaired) electrons.